The number of aromatic amines is 1. The Bertz CT molecular complexity index is 1320. The summed E-state index contributed by atoms with van der Waals surface area (Å²) in [5.74, 6) is -1.81. The van der Waals surface area contributed by atoms with Gasteiger partial charge in [0.25, 0.3) is 0 Å². The second kappa shape index (κ2) is 8.43. The molecule has 4 aromatic rings. The Balaban J connectivity index is 1.29. The van der Waals surface area contributed by atoms with Crippen molar-refractivity contribution in [3.05, 3.63) is 95.4 Å². The first-order chi connectivity index (χ1) is 16.0. The highest BCUT2D eigenvalue weighted by Crippen LogP contribution is 2.44. The number of aromatic nitrogens is 1. The van der Waals surface area contributed by atoms with Gasteiger partial charge in [-0.15, -0.1) is 0 Å². The van der Waals surface area contributed by atoms with E-state index in [1.54, 1.807) is 18.3 Å². The summed E-state index contributed by atoms with van der Waals surface area (Å²) in [5, 5.41) is 12.4. The van der Waals surface area contributed by atoms with Crippen LogP contribution in [0.1, 0.15) is 22.6 Å². The van der Waals surface area contributed by atoms with Gasteiger partial charge in [0.1, 0.15) is 18.5 Å². The molecule has 0 fully saturated rings. The minimum Gasteiger partial charge on any atom is -0.480 e. The number of rotatable bonds is 6. The van der Waals surface area contributed by atoms with Crippen LogP contribution < -0.4 is 5.32 Å². The Labute approximate surface area is 189 Å². The highest BCUT2D eigenvalue weighted by atomic mass is 19.1. The van der Waals surface area contributed by atoms with Crippen molar-refractivity contribution in [2.24, 2.45) is 0 Å². The molecule has 1 aliphatic rings. The van der Waals surface area contributed by atoms with Gasteiger partial charge in [0.2, 0.25) is 0 Å². The van der Waals surface area contributed by atoms with Crippen LogP contribution in [-0.2, 0) is 16.0 Å². The summed E-state index contributed by atoms with van der Waals surface area (Å²) in [6.07, 6.45) is 0.647. The topological polar surface area (TPSA) is 91.4 Å². The third-order valence-electron chi connectivity index (χ3n) is 6.09. The lowest BCUT2D eigenvalue weighted by Gasteiger charge is -2.17. The van der Waals surface area contributed by atoms with Crippen LogP contribution >= 0.6 is 0 Å². The molecule has 1 heterocycles. The lowest BCUT2D eigenvalue weighted by atomic mass is 9.98. The third kappa shape index (κ3) is 3.82. The Morgan fingerprint density at radius 3 is 2.33 bits per heavy atom. The second-order valence-electron chi connectivity index (χ2n) is 8.04. The van der Waals surface area contributed by atoms with E-state index in [0.29, 0.717) is 16.5 Å². The number of carboxylic acids is 1. The number of fused-ring (bicyclic) bond motifs is 4. The van der Waals surface area contributed by atoms with Crippen LogP contribution in [0, 0.1) is 5.82 Å². The number of carbonyl (C=O) groups is 2. The van der Waals surface area contributed by atoms with Crippen molar-refractivity contribution < 1.29 is 23.8 Å². The van der Waals surface area contributed by atoms with E-state index in [1.807, 2.05) is 48.5 Å². The molecule has 0 unspecified atom stereocenters. The first kappa shape index (κ1) is 20.8. The van der Waals surface area contributed by atoms with Crippen molar-refractivity contribution in [2.45, 2.75) is 18.4 Å². The molecule has 7 heteroatoms. The van der Waals surface area contributed by atoms with E-state index >= 15 is 0 Å². The van der Waals surface area contributed by atoms with Gasteiger partial charge in [0.15, 0.2) is 0 Å². The number of carboxylic acid groups (broad SMARTS) is 1. The van der Waals surface area contributed by atoms with E-state index in [9.17, 15) is 19.1 Å². The number of hydrogen-bond donors (Lipinski definition) is 3. The van der Waals surface area contributed by atoms with Crippen molar-refractivity contribution in [1.82, 2.24) is 10.3 Å². The summed E-state index contributed by atoms with van der Waals surface area (Å²) in [6, 6.07) is 19.2. The molecule has 0 aliphatic heterocycles. The summed E-state index contributed by atoms with van der Waals surface area (Å²) >= 11 is 0. The first-order valence-electron chi connectivity index (χ1n) is 10.6. The van der Waals surface area contributed by atoms with Crippen molar-refractivity contribution in [1.29, 1.82) is 0 Å². The van der Waals surface area contributed by atoms with Crippen molar-refractivity contribution in [3.63, 3.8) is 0 Å². The number of benzene rings is 3. The molecule has 1 amide bonds. The normalized spacial score (nSPS) is 13.4. The van der Waals surface area contributed by atoms with Crippen LogP contribution in [0.4, 0.5) is 9.18 Å². The zero-order valence-electron chi connectivity index (χ0n) is 17.5. The van der Waals surface area contributed by atoms with E-state index < -0.39 is 23.9 Å². The molecule has 1 aromatic heterocycles. The van der Waals surface area contributed by atoms with Gasteiger partial charge < -0.3 is 20.1 Å². The Hall–Kier alpha value is -4.13. The molecule has 33 heavy (non-hydrogen) atoms. The van der Waals surface area contributed by atoms with Gasteiger partial charge in [-0.2, -0.15) is 0 Å². The number of halogens is 1. The average Bonchev–Trinajstić information content (AvgIpc) is 3.37. The van der Waals surface area contributed by atoms with Gasteiger partial charge in [0, 0.05) is 29.4 Å². The number of carbonyl (C=O) groups excluding carboxylic acids is 1. The largest absolute Gasteiger partial charge is 0.480 e. The van der Waals surface area contributed by atoms with Gasteiger partial charge in [-0.3, -0.25) is 0 Å². The zero-order valence-corrected chi connectivity index (χ0v) is 17.5. The number of amides is 1. The molecule has 5 rings (SSSR count). The number of hydrogen-bond acceptors (Lipinski definition) is 3. The summed E-state index contributed by atoms with van der Waals surface area (Å²) in [6.45, 7) is 0.0773. The van der Waals surface area contributed by atoms with Gasteiger partial charge in [-0.05, 0) is 39.9 Å². The second-order valence-corrected chi connectivity index (χ2v) is 8.04. The van der Waals surface area contributed by atoms with Crippen LogP contribution in [0.3, 0.4) is 0 Å². The van der Waals surface area contributed by atoms with E-state index in [2.05, 4.69) is 10.3 Å². The predicted molar refractivity (Wildman–Crippen MR) is 122 cm³/mol. The van der Waals surface area contributed by atoms with Gasteiger partial charge >= 0.3 is 12.1 Å². The standard InChI is InChI=1S/C26H21FN2O4/c27-21-10-5-11-22-24(21)15(13-28-22)12-23(25(30)31)29-26(32)33-14-20-18-8-3-1-6-16(18)17-7-2-4-9-19(17)20/h1-11,13,20,23,28H,12,14H2,(H,29,32)(H,30,31)/t23-/m1/s1. The average molecular weight is 444 g/mol. The predicted octanol–water partition coefficient (Wildman–Crippen LogP) is 4.84. The Morgan fingerprint density at radius 1 is 1.00 bits per heavy atom. The molecular weight excluding hydrogens is 423 g/mol. The number of alkyl carbamates (subject to hydrolysis) is 1. The fourth-order valence-electron chi connectivity index (χ4n) is 4.57. The van der Waals surface area contributed by atoms with Crippen LogP contribution in [0.5, 0.6) is 0 Å². The summed E-state index contributed by atoms with van der Waals surface area (Å²) in [5.41, 5.74) is 5.37. The maximum atomic E-state index is 14.3. The molecule has 0 bridgehead atoms. The number of H-pyrrole nitrogens is 1. The Morgan fingerprint density at radius 2 is 1.67 bits per heavy atom. The summed E-state index contributed by atoms with van der Waals surface area (Å²) in [4.78, 5) is 27.2. The number of nitrogens with one attached hydrogen (secondary N) is 2. The van der Waals surface area contributed by atoms with E-state index in [-0.39, 0.29) is 18.9 Å². The Kier molecular flexibility index (Phi) is 5.30. The minimum atomic E-state index is -1.26. The smallest absolute Gasteiger partial charge is 0.407 e. The lowest BCUT2D eigenvalue weighted by molar-refractivity contribution is -0.139. The van der Waals surface area contributed by atoms with Crippen molar-refractivity contribution in [3.8, 4) is 11.1 Å². The monoisotopic (exact) mass is 444 g/mol. The molecule has 0 saturated heterocycles. The van der Waals surface area contributed by atoms with Crippen LogP contribution in [0.2, 0.25) is 0 Å². The molecule has 1 atom stereocenters. The molecule has 0 radical (unpaired) electrons. The van der Waals surface area contributed by atoms with Gasteiger partial charge in [-0.1, -0.05) is 54.6 Å². The molecule has 0 saturated carbocycles. The summed E-state index contributed by atoms with van der Waals surface area (Å²) in [7, 11) is 0. The van der Waals surface area contributed by atoms with Crippen LogP contribution in [0.25, 0.3) is 22.0 Å². The van der Waals surface area contributed by atoms with E-state index in [1.165, 1.54) is 6.07 Å². The molecule has 6 nitrogen and oxygen atoms in total. The van der Waals surface area contributed by atoms with E-state index in [0.717, 1.165) is 22.3 Å². The summed E-state index contributed by atoms with van der Waals surface area (Å²) < 4.78 is 19.7. The quantitative estimate of drug-likeness (QED) is 0.397. The van der Waals surface area contributed by atoms with Crippen molar-refractivity contribution in [2.75, 3.05) is 6.61 Å². The SMILES string of the molecule is O=C(N[C@H](Cc1c[nH]c2cccc(F)c12)C(=O)O)OCC1c2ccccc2-c2ccccc21. The maximum Gasteiger partial charge on any atom is 0.407 e. The molecule has 1 aliphatic carbocycles. The molecule has 0 spiro atoms. The number of aliphatic carboxylic acids is 1. The first-order valence-corrected chi connectivity index (χ1v) is 10.6. The molecule has 166 valence electrons. The minimum absolute atomic E-state index is 0.0773. The highest BCUT2D eigenvalue weighted by Gasteiger charge is 2.30. The van der Waals surface area contributed by atoms with E-state index in [4.69, 9.17) is 4.74 Å². The fourth-order valence-corrected chi connectivity index (χ4v) is 4.57. The fraction of sp³-hybridized carbons (Fsp3) is 0.154. The van der Waals surface area contributed by atoms with Gasteiger partial charge in [0.05, 0.1) is 0 Å². The highest BCUT2D eigenvalue weighted by molar-refractivity contribution is 5.86. The zero-order chi connectivity index (χ0) is 22.9. The maximum absolute atomic E-state index is 14.3. The van der Waals surface area contributed by atoms with Crippen LogP contribution in [-0.4, -0.2) is 34.8 Å². The number of ether oxygens (including phenoxy) is 1. The van der Waals surface area contributed by atoms with Crippen molar-refractivity contribution >= 4 is 23.0 Å². The van der Waals surface area contributed by atoms with Crippen LogP contribution in [0.15, 0.2) is 72.9 Å². The molecular formula is C26H21FN2O4. The van der Waals surface area contributed by atoms with Gasteiger partial charge in [-0.25, -0.2) is 14.0 Å². The molecule has 3 N–H and O–H groups in total. The third-order valence-corrected chi connectivity index (χ3v) is 6.09. The lowest BCUT2D eigenvalue weighted by Crippen LogP contribution is -2.42. The molecule has 3 aromatic carbocycles.